The maximum absolute atomic E-state index is 11.4. The van der Waals surface area contributed by atoms with Gasteiger partial charge in [0.2, 0.25) is 0 Å². The number of hydrogen-bond acceptors (Lipinski definition) is 0. The number of alkyl halides is 12. The monoisotopic (exact) mass is 1400 g/mol. The Morgan fingerprint density at radius 2 is 0.415 bits per heavy atom. The predicted octanol–water partition coefficient (Wildman–Crippen LogP) is 36.7. The first-order chi connectivity index (χ1) is 42.7. The molecule has 0 nitrogen and oxygen atoms in total. The van der Waals surface area contributed by atoms with Gasteiger partial charge < -0.3 is 0 Å². The van der Waals surface area contributed by atoms with E-state index in [4.69, 9.17) is 0 Å². The molecule has 12 heteroatoms. The van der Waals surface area contributed by atoms with Gasteiger partial charge in [0.1, 0.15) is 0 Å². The van der Waals surface area contributed by atoms with Crippen molar-refractivity contribution < 1.29 is 52.7 Å². The average Bonchev–Trinajstić information content (AvgIpc) is 2.82. The molecule has 2 unspecified atom stereocenters. The fraction of sp³-hybridized carbons (Fsp3) is 1.00. The van der Waals surface area contributed by atoms with Gasteiger partial charge in [-0.1, -0.05) is 418 Å². The third-order valence-electron chi connectivity index (χ3n) is 15.1. The maximum atomic E-state index is 11.4. The molecule has 0 radical (unpaired) electrons. The first-order valence-corrected chi connectivity index (χ1v) is 38.9. The van der Waals surface area contributed by atoms with Gasteiger partial charge in [0, 0.05) is 12.8 Å². The zero-order valence-corrected chi connectivity index (χ0v) is 72.0. The van der Waals surface area contributed by atoms with Gasteiger partial charge in [-0.05, 0) is 72.0 Å². The Balaban J connectivity index is -0.0000000496. The summed E-state index contributed by atoms with van der Waals surface area (Å²) in [6.07, 6.45) is 12.6. The molecule has 0 aromatic rings. The highest BCUT2D eigenvalue weighted by Crippen LogP contribution is 2.29. The topological polar surface area (TPSA) is 0 Å². The van der Waals surface area contributed by atoms with Crippen LogP contribution in [0.3, 0.4) is 0 Å². The number of rotatable bonds is 22. The molecule has 0 rings (SSSR count). The second-order valence-corrected chi connectivity index (χ2v) is 28.0. The summed E-state index contributed by atoms with van der Waals surface area (Å²) < 4.78 is 135. The van der Waals surface area contributed by atoms with Crippen LogP contribution in [0.5, 0.6) is 0 Å². The molecule has 0 fully saturated rings. The molecule has 0 aliphatic carbocycles. The van der Waals surface area contributed by atoms with Gasteiger partial charge in [-0.25, -0.2) is 0 Å². The van der Waals surface area contributed by atoms with E-state index in [2.05, 4.69) is 235 Å². The van der Waals surface area contributed by atoms with Crippen LogP contribution in [0.1, 0.15) is 457 Å². The molecule has 0 saturated carbocycles. The summed E-state index contributed by atoms with van der Waals surface area (Å²) in [6.45, 7) is 84.2. The molecule has 94 heavy (non-hydrogen) atoms. The minimum atomic E-state index is -3.99. The minimum absolute atomic E-state index is 0.170. The Kier molecular flexibility index (Phi) is 143. The van der Waals surface area contributed by atoms with E-state index in [1.165, 1.54) is 183 Å². The van der Waals surface area contributed by atoms with Crippen molar-refractivity contribution in [2.45, 2.75) is 481 Å². The van der Waals surface area contributed by atoms with Crippen molar-refractivity contribution in [1.29, 1.82) is 0 Å². The van der Waals surface area contributed by atoms with Crippen LogP contribution in [-0.4, -0.2) is 24.7 Å². The van der Waals surface area contributed by atoms with Gasteiger partial charge in [-0.15, -0.1) is 0 Å². The molecule has 0 aliphatic rings. The first-order valence-electron chi connectivity index (χ1n) is 38.9. The smallest absolute Gasteiger partial charge is 0.171 e. The van der Waals surface area contributed by atoms with Gasteiger partial charge >= 0.3 is 24.7 Å². The SMILES string of the molecule is CCC.CCC(C)(C)CC.CCC(C)(C)CC.CCC(C)C.CCC(C)C.CCC(C)C(F)(F)F.CCC(C)C(F)(F)F.CCC(C)CC.CCC(C)CC.CCCC.CCCC.CCCC(C)C.CCCC(C)C.CCCC(F)(F)F.CCCC(F)(F)F.CCCCC. The third-order valence-corrected chi connectivity index (χ3v) is 15.1. The molecular weight excluding hydrogens is 1210 g/mol. The molecule has 0 amide bonds. The summed E-state index contributed by atoms with van der Waals surface area (Å²) in [6, 6.07) is 0. The molecule has 0 aromatic heterocycles. The summed E-state index contributed by atoms with van der Waals surface area (Å²) in [5, 5.41) is 0. The van der Waals surface area contributed by atoms with E-state index in [0.29, 0.717) is 10.8 Å². The van der Waals surface area contributed by atoms with E-state index in [9.17, 15) is 52.7 Å². The number of hydrogen-bond donors (Lipinski definition) is 0. The third kappa shape index (κ3) is 227. The van der Waals surface area contributed by atoms with Crippen molar-refractivity contribution in [1.82, 2.24) is 0 Å². The normalized spacial score (nSPS) is 11.2. The van der Waals surface area contributed by atoms with E-state index in [1.54, 1.807) is 0 Å². The lowest BCUT2D eigenvalue weighted by Crippen LogP contribution is -2.18. The summed E-state index contributed by atoms with van der Waals surface area (Å²) in [7, 11) is 0. The maximum Gasteiger partial charge on any atom is 0.391 e. The Labute approximate surface area is 589 Å². The second kappa shape index (κ2) is 101. The zero-order chi connectivity index (χ0) is 79.4. The Morgan fingerprint density at radius 3 is 0.415 bits per heavy atom. The van der Waals surface area contributed by atoms with Crippen molar-refractivity contribution in [3.05, 3.63) is 0 Å². The molecule has 2 atom stereocenters. The highest BCUT2D eigenvalue weighted by atomic mass is 19.4. The van der Waals surface area contributed by atoms with Crippen LogP contribution in [-0.2, 0) is 0 Å². The van der Waals surface area contributed by atoms with Crippen molar-refractivity contribution >= 4 is 0 Å². The van der Waals surface area contributed by atoms with Crippen LogP contribution in [0.15, 0.2) is 0 Å². The summed E-state index contributed by atoms with van der Waals surface area (Å²) >= 11 is 0. The zero-order valence-electron chi connectivity index (χ0n) is 72.0. The minimum Gasteiger partial charge on any atom is -0.171 e. The molecule has 0 aliphatic heterocycles. The van der Waals surface area contributed by atoms with Crippen LogP contribution in [0.2, 0.25) is 0 Å². The highest BCUT2D eigenvalue weighted by molar-refractivity contribution is 4.63. The van der Waals surface area contributed by atoms with Gasteiger partial charge in [0.25, 0.3) is 0 Å². The fourth-order valence-corrected chi connectivity index (χ4v) is 3.62. The Morgan fingerprint density at radius 1 is 0.234 bits per heavy atom. The first kappa shape index (κ1) is 133. The predicted molar refractivity (Wildman–Crippen MR) is 413 cm³/mol. The van der Waals surface area contributed by atoms with Crippen LogP contribution in [0.4, 0.5) is 52.7 Å². The van der Waals surface area contributed by atoms with Crippen molar-refractivity contribution in [2.75, 3.05) is 0 Å². The average molecular weight is 1400 g/mol. The molecule has 0 bridgehead atoms. The van der Waals surface area contributed by atoms with Crippen LogP contribution in [0, 0.1) is 58.2 Å². The molecule has 596 valence electrons. The summed E-state index contributed by atoms with van der Waals surface area (Å²) in [4.78, 5) is 0. The summed E-state index contributed by atoms with van der Waals surface area (Å²) in [5.41, 5.74) is 1.17. The van der Waals surface area contributed by atoms with Crippen molar-refractivity contribution in [3.63, 3.8) is 0 Å². The van der Waals surface area contributed by atoms with Gasteiger partial charge in [-0.3, -0.25) is 0 Å². The quantitative estimate of drug-likeness (QED) is 0.0948. The molecule has 0 N–H and O–H groups in total. The van der Waals surface area contributed by atoms with E-state index < -0.39 is 49.4 Å². The largest absolute Gasteiger partial charge is 0.391 e. The van der Waals surface area contributed by atoms with Crippen molar-refractivity contribution in [3.8, 4) is 0 Å². The number of unbranched alkanes of at least 4 members (excludes halogenated alkanes) is 4. The fourth-order valence-electron chi connectivity index (χ4n) is 3.62. The molecule has 0 spiro atoms. The van der Waals surface area contributed by atoms with E-state index >= 15 is 0 Å². The van der Waals surface area contributed by atoms with Crippen LogP contribution < -0.4 is 0 Å². The Bertz CT molecular complexity index is 1020. The van der Waals surface area contributed by atoms with E-state index in [0.717, 1.165) is 35.5 Å². The standard InChI is InChI=1S/2C7H16.4C6H14.2C5H9F3.3C5H12.2C4H7F3.2C4H10.C3H8/c2*1-5-7(3,4)6-2;2*1-4-5-6(2)3;2*1-4-6(3)5-2;2*1-3-4(2)5(6,7)8;2*1-4-5(2)3;1-3-5-4-2;2*1-2-3-4(5,6)7;2*1-3-4-2;1-3-2/h2*5-6H2,1-4H3;4*6H,4-5H2,1-3H3;2*4H,3H2,1-2H3;2*5H,4H2,1-3H3;3-5H2,1-2H3;2*2-3H2,1H3;2*3-4H2,1-2H3;3H2,1-2H3. The van der Waals surface area contributed by atoms with Crippen LogP contribution >= 0.6 is 0 Å². The van der Waals surface area contributed by atoms with Crippen molar-refractivity contribution in [2.24, 2.45) is 58.2 Å². The lowest BCUT2D eigenvalue weighted by atomic mass is 9.88. The van der Waals surface area contributed by atoms with E-state index in [1.807, 2.05) is 0 Å². The lowest BCUT2D eigenvalue weighted by molar-refractivity contribution is -0.170. The molecule has 0 saturated heterocycles. The summed E-state index contributed by atoms with van der Waals surface area (Å²) in [5.74, 6) is 3.13. The molecule has 0 heterocycles. The molecular formula is C82H184F12. The lowest BCUT2D eigenvalue weighted by Gasteiger charge is -2.18. The Hall–Kier alpha value is -0.840. The number of halogens is 12. The van der Waals surface area contributed by atoms with Gasteiger partial charge in [0.05, 0.1) is 11.8 Å². The van der Waals surface area contributed by atoms with Gasteiger partial charge in [0.15, 0.2) is 0 Å². The second-order valence-electron chi connectivity index (χ2n) is 28.0. The highest BCUT2D eigenvalue weighted by Gasteiger charge is 2.34. The van der Waals surface area contributed by atoms with E-state index in [-0.39, 0.29) is 25.7 Å². The van der Waals surface area contributed by atoms with Crippen LogP contribution in [0.25, 0.3) is 0 Å². The molecule has 0 aromatic carbocycles. The van der Waals surface area contributed by atoms with Gasteiger partial charge in [-0.2, -0.15) is 52.7 Å².